The summed E-state index contributed by atoms with van der Waals surface area (Å²) in [5.41, 5.74) is 7.38. The van der Waals surface area contributed by atoms with Crippen LogP contribution in [0.5, 0.6) is 0 Å². The Morgan fingerprint density at radius 1 is 1.61 bits per heavy atom. The largest absolute Gasteiger partial charge is 0.472 e. The number of aromatic nitrogens is 3. The molecule has 0 radical (unpaired) electrons. The summed E-state index contributed by atoms with van der Waals surface area (Å²) < 4.78 is 6.68. The average Bonchev–Trinajstić information content (AvgIpc) is 2.96. The van der Waals surface area contributed by atoms with Crippen molar-refractivity contribution in [3.63, 3.8) is 0 Å². The van der Waals surface area contributed by atoms with Gasteiger partial charge in [0.2, 0.25) is 11.9 Å². The van der Waals surface area contributed by atoms with Crippen molar-refractivity contribution < 1.29 is 9.21 Å². The van der Waals surface area contributed by atoms with Crippen molar-refractivity contribution in [3.8, 4) is 0 Å². The molecule has 0 saturated heterocycles. The number of carbonyl (C=O) groups excluding carboxylic acids is 1. The Morgan fingerprint density at radius 2 is 2.44 bits per heavy atom. The van der Waals surface area contributed by atoms with E-state index in [0.29, 0.717) is 17.2 Å². The second kappa shape index (κ2) is 3.73. The quantitative estimate of drug-likeness (QED) is 0.809. The van der Waals surface area contributed by atoms with Crippen LogP contribution in [-0.2, 0) is 4.79 Å². The number of nitrogens with zero attached hydrogens (tertiary/aromatic N) is 3. The van der Waals surface area contributed by atoms with E-state index in [4.69, 9.17) is 10.2 Å². The number of furan rings is 1. The molecule has 1 amide bonds. The van der Waals surface area contributed by atoms with Gasteiger partial charge in [0.1, 0.15) is 12.4 Å². The molecule has 0 aromatic carbocycles. The van der Waals surface area contributed by atoms with E-state index in [1.54, 1.807) is 30.2 Å². The number of carbonyl (C=O) groups is 1. The fraction of sp³-hybridized carbons (Fsp3) is 0.182. The smallest absolute Gasteiger partial charge is 0.248 e. The second-order valence-electron chi connectivity index (χ2n) is 4.02. The molecule has 3 heterocycles. The highest BCUT2D eigenvalue weighted by Crippen LogP contribution is 2.34. The van der Waals surface area contributed by atoms with Crippen molar-refractivity contribution in [1.29, 1.82) is 0 Å². The summed E-state index contributed by atoms with van der Waals surface area (Å²) in [5, 5.41) is 7.12. The molecule has 1 atom stereocenters. The minimum atomic E-state index is -0.493. The number of hydrogen-bond acceptors (Lipinski definition) is 5. The van der Waals surface area contributed by atoms with Gasteiger partial charge < -0.3 is 15.5 Å². The number of nitrogens with one attached hydrogen (secondary N) is 1. The highest BCUT2D eigenvalue weighted by Gasteiger charge is 2.32. The van der Waals surface area contributed by atoms with Gasteiger partial charge in [0.05, 0.1) is 18.1 Å². The van der Waals surface area contributed by atoms with Gasteiger partial charge in [-0.25, -0.2) is 4.68 Å². The zero-order chi connectivity index (χ0) is 12.7. The molecule has 0 aliphatic carbocycles. The first-order chi connectivity index (χ1) is 8.68. The number of fused-ring (bicyclic) bond motifs is 1. The number of hydrogen-bond donors (Lipinski definition) is 2. The maximum atomic E-state index is 11.6. The van der Waals surface area contributed by atoms with Crippen LogP contribution in [0.1, 0.15) is 18.5 Å². The zero-order valence-electron chi connectivity index (χ0n) is 9.62. The molecule has 18 heavy (non-hydrogen) atoms. The molecule has 92 valence electrons. The molecule has 0 unspecified atom stereocenters. The van der Waals surface area contributed by atoms with Gasteiger partial charge >= 0.3 is 0 Å². The van der Waals surface area contributed by atoms with Gasteiger partial charge in [0, 0.05) is 11.3 Å². The molecule has 1 aliphatic rings. The van der Waals surface area contributed by atoms with E-state index in [0.717, 1.165) is 5.56 Å². The van der Waals surface area contributed by atoms with Crippen LogP contribution in [0.25, 0.3) is 0 Å². The second-order valence-corrected chi connectivity index (χ2v) is 4.02. The van der Waals surface area contributed by atoms with Gasteiger partial charge in [-0.2, -0.15) is 10.1 Å². The molecule has 2 aromatic heterocycles. The molecule has 7 nitrogen and oxygen atoms in total. The van der Waals surface area contributed by atoms with Gasteiger partial charge in [0.25, 0.3) is 0 Å². The lowest BCUT2D eigenvalue weighted by molar-refractivity contribution is -0.115. The Bertz CT molecular complexity index is 626. The third kappa shape index (κ3) is 1.41. The van der Waals surface area contributed by atoms with Crippen molar-refractivity contribution >= 4 is 11.9 Å². The standard InChI is InChI=1S/C11H11N5O2/c1-6-8(10(12)17)9(7-2-3-18-4-7)16-11(15-6)13-5-14-16/h2-5,9H,1H3,(H2,12,17)(H,13,14,15)/t9-/m0/s1. The Morgan fingerprint density at radius 3 is 3.11 bits per heavy atom. The van der Waals surface area contributed by atoms with Crippen LogP contribution >= 0.6 is 0 Å². The van der Waals surface area contributed by atoms with Crippen molar-refractivity contribution in [2.75, 3.05) is 5.32 Å². The summed E-state index contributed by atoms with van der Waals surface area (Å²) >= 11 is 0. The van der Waals surface area contributed by atoms with E-state index in [2.05, 4.69) is 15.4 Å². The number of rotatable bonds is 2. The number of amides is 1. The maximum absolute atomic E-state index is 11.6. The summed E-state index contributed by atoms with van der Waals surface area (Å²) in [6, 6.07) is 1.37. The Balaban J connectivity index is 2.21. The van der Waals surface area contributed by atoms with Crippen molar-refractivity contribution in [3.05, 3.63) is 41.8 Å². The first-order valence-corrected chi connectivity index (χ1v) is 5.37. The molecule has 0 bridgehead atoms. The molecule has 0 spiro atoms. The fourth-order valence-corrected chi connectivity index (χ4v) is 2.15. The first-order valence-electron chi connectivity index (χ1n) is 5.37. The normalized spacial score (nSPS) is 18.4. The Labute approximate surface area is 102 Å². The summed E-state index contributed by atoms with van der Waals surface area (Å²) in [7, 11) is 0. The van der Waals surface area contributed by atoms with Gasteiger partial charge in [-0.05, 0) is 13.0 Å². The van der Waals surface area contributed by atoms with E-state index in [1.165, 1.54) is 6.33 Å². The van der Waals surface area contributed by atoms with Crippen LogP contribution in [0.4, 0.5) is 5.95 Å². The monoisotopic (exact) mass is 245 g/mol. The highest BCUT2D eigenvalue weighted by atomic mass is 16.3. The predicted octanol–water partition coefficient (Wildman–Crippen LogP) is 0.645. The Hall–Kier alpha value is -2.57. The SMILES string of the molecule is CC1=C(C(N)=O)[C@H](c2ccoc2)n2ncnc2N1. The molecule has 3 rings (SSSR count). The van der Waals surface area contributed by atoms with E-state index in [1.807, 2.05) is 0 Å². The highest BCUT2D eigenvalue weighted by molar-refractivity contribution is 5.95. The third-order valence-corrected chi connectivity index (χ3v) is 2.92. The molecule has 7 heteroatoms. The van der Waals surface area contributed by atoms with Crippen molar-refractivity contribution in [1.82, 2.24) is 14.8 Å². The topological polar surface area (TPSA) is 99.0 Å². The molecule has 0 fully saturated rings. The molecule has 2 aromatic rings. The number of anilines is 1. The lowest BCUT2D eigenvalue weighted by Crippen LogP contribution is -2.31. The van der Waals surface area contributed by atoms with Gasteiger partial charge in [-0.3, -0.25) is 4.79 Å². The van der Waals surface area contributed by atoms with E-state index in [9.17, 15) is 4.79 Å². The fourth-order valence-electron chi connectivity index (χ4n) is 2.15. The van der Waals surface area contributed by atoms with Crippen LogP contribution in [0, 0.1) is 0 Å². The van der Waals surface area contributed by atoms with E-state index in [-0.39, 0.29) is 0 Å². The predicted molar refractivity (Wildman–Crippen MR) is 62.4 cm³/mol. The summed E-state index contributed by atoms with van der Waals surface area (Å²) in [5.74, 6) is 0.0797. The zero-order valence-corrected chi connectivity index (χ0v) is 9.62. The Kier molecular flexibility index (Phi) is 2.19. The minimum absolute atomic E-state index is 0.403. The number of primary amides is 1. The molecule has 3 N–H and O–H groups in total. The molecular weight excluding hydrogens is 234 g/mol. The minimum Gasteiger partial charge on any atom is -0.472 e. The third-order valence-electron chi connectivity index (χ3n) is 2.92. The van der Waals surface area contributed by atoms with Crippen molar-refractivity contribution in [2.45, 2.75) is 13.0 Å². The summed E-state index contributed by atoms with van der Waals surface area (Å²) in [4.78, 5) is 15.7. The number of nitrogens with two attached hydrogens (primary N) is 1. The van der Waals surface area contributed by atoms with E-state index >= 15 is 0 Å². The summed E-state index contributed by atoms with van der Waals surface area (Å²) in [6.07, 6.45) is 4.53. The maximum Gasteiger partial charge on any atom is 0.248 e. The lowest BCUT2D eigenvalue weighted by Gasteiger charge is -2.26. The van der Waals surface area contributed by atoms with Crippen LogP contribution in [-0.4, -0.2) is 20.7 Å². The van der Waals surface area contributed by atoms with Crippen LogP contribution in [0.15, 0.2) is 40.6 Å². The summed E-state index contributed by atoms with van der Waals surface area (Å²) in [6.45, 7) is 1.78. The van der Waals surface area contributed by atoms with Gasteiger partial charge in [-0.15, -0.1) is 0 Å². The van der Waals surface area contributed by atoms with Gasteiger partial charge in [0.15, 0.2) is 0 Å². The number of allylic oxidation sites excluding steroid dienone is 1. The average molecular weight is 245 g/mol. The molecule has 1 aliphatic heterocycles. The molecular formula is C11H11N5O2. The van der Waals surface area contributed by atoms with E-state index < -0.39 is 11.9 Å². The van der Waals surface area contributed by atoms with Crippen LogP contribution in [0.3, 0.4) is 0 Å². The van der Waals surface area contributed by atoms with Crippen LogP contribution < -0.4 is 11.1 Å². The van der Waals surface area contributed by atoms with Crippen LogP contribution in [0.2, 0.25) is 0 Å². The molecule has 0 saturated carbocycles. The first kappa shape index (κ1) is 10.6. The van der Waals surface area contributed by atoms with Crippen molar-refractivity contribution in [2.24, 2.45) is 5.73 Å². The lowest BCUT2D eigenvalue weighted by atomic mass is 9.97. The van der Waals surface area contributed by atoms with Gasteiger partial charge in [-0.1, -0.05) is 0 Å².